The van der Waals surface area contributed by atoms with Crippen LogP contribution in [0.3, 0.4) is 0 Å². The zero-order valence-corrected chi connectivity index (χ0v) is 12.4. The van der Waals surface area contributed by atoms with Gasteiger partial charge in [0.25, 0.3) is 0 Å². The minimum absolute atomic E-state index is 0.204. The van der Waals surface area contributed by atoms with Crippen LogP contribution in [0.1, 0.15) is 16.8 Å². The van der Waals surface area contributed by atoms with Crippen LogP contribution in [0.4, 0.5) is 4.39 Å². The van der Waals surface area contributed by atoms with Gasteiger partial charge in [-0.25, -0.2) is 17.6 Å². The second-order valence-corrected chi connectivity index (χ2v) is 6.33. The fraction of sp³-hybridized carbons (Fsp3) is 0.462. The number of aromatic carboxylic acids is 1. The molecule has 1 N–H and O–H groups in total. The van der Waals surface area contributed by atoms with E-state index in [9.17, 15) is 17.6 Å². The summed E-state index contributed by atoms with van der Waals surface area (Å²) in [5, 5.41) is 8.79. The quantitative estimate of drug-likeness (QED) is 0.546. The number of rotatable bonds is 9. The molecule has 1 aromatic carbocycles. The Bertz CT molecular complexity index is 584. The Morgan fingerprint density at radius 1 is 1.29 bits per heavy atom. The molecule has 0 aromatic heterocycles. The van der Waals surface area contributed by atoms with Gasteiger partial charge in [0, 0.05) is 13.7 Å². The molecule has 1 aromatic rings. The molecule has 0 aliphatic heterocycles. The highest BCUT2D eigenvalue weighted by Crippen LogP contribution is 2.17. The molecular formula is C13H17FO6S. The van der Waals surface area contributed by atoms with Crippen LogP contribution in [0.2, 0.25) is 0 Å². The summed E-state index contributed by atoms with van der Waals surface area (Å²) < 4.78 is 47.2. The van der Waals surface area contributed by atoms with E-state index >= 15 is 0 Å². The van der Waals surface area contributed by atoms with Crippen LogP contribution in [0.25, 0.3) is 0 Å². The fourth-order valence-corrected chi connectivity index (χ4v) is 2.88. The summed E-state index contributed by atoms with van der Waals surface area (Å²) in [7, 11) is -2.14. The monoisotopic (exact) mass is 320 g/mol. The SMILES string of the molecule is COCCOCCCS(=O)(=O)c1ccc(F)c(C(=O)O)c1. The van der Waals surface area contributed by atoms with E-state index in [0.717, 1.165) is 18.2 Å². The predicted octanol–water partition coefficient (Wildman–Crippen LogP) is 1.35. The maximum absolute atomic E-state index is 13.2. The number of methoxy groups -OCH3 is 1. The van der Waals surface area contributed by atoms with Gasteiger partial charge in [-0.2, -0.15) is 0 Å². The van der Waals surface area contributed by atoms with Gasteiger partial charge in [-0.05, 0) is 24.6 Å². The van der Waals surface area contributed by atoms with Crippen LogP contribution in [-0.4, -0.2) is 52.2 Å². The second-order valence-electron chi connectivity index (χ2n) is 4.22. The van der Waals surface area contributed by atoms with Crippen LogP contribution in [0.15, 0.2) is 23.1 Å². The van der Waals surface area contributed by atoms with E-state index in [2.05, 4.69) is 0 Å². The highest BCUT2D eigenvalue weighted by atomic mass is 32.2. The summed E-state index contributed by atoms with van der Waals surface area (Å²) in [4.78, 5) is 10.6. The molecule has 0 saturated heterocycles. The summed E-state index contributed by atoms with van der Waals surface area (Å²) in [6, 6.07) is 2.73. The molecule has 6 nitrogen and oxygen atoms in total. The van der Waals surface area contributed by atoms with Crippen molar-refractivity contribution in [3.05, 3.63) is 29.6 Å². The molecule has 0 unspecified atom stereocenters. The summed E-state index contributed by atoms with van der Waals surface area (Å²) in [5.41, 5.74) is -0.660. The number of hydrogen-bond donors (Lipinski definition) is 1. The van der Waals surface area contributed by atoms with Crippen LogP contribution in [0.5, 0.6) is 0 Å². The maximum atomic E-state index is 13.2. The van der Waals surface area contributed by atoms with Crippen molar-refractivity contribution in [2.45, 2.75) is 11.3 Å². The van der Waals surface area contributed by atoms with Crippen molar-refractivity contribution >= 4 is 15.8 Å². The molecule has 0 fully saturated rings. The molecule has 0 spiro atoms. The van der Waals surface area contributed by atoms with Crippen molar-refractivity contribution < 1.29 is 32.2 Å². The first-order valence-corrected chi connectivity index (χ1v) is 7.86. The van der Waals surface area contributed by atoms with Crippen molar-refractivity contribution in [1.29, 1.82) is 0 Å². The third-order valence-corrected chi connectivity index (χ3v) is 4.46. The summed E-state index contributed by atoms with van der Waals surface area (Å²) >= 11 is 0. The van der Waals surface area contributed by atoms with E-state index in [1.165, 1.54) is 7.11 Å². The van der Waals surface area contributed by atoms with Gasteiger partial charge in [-0.3, -0.25) is 0 Å². The van der Waals surface area contributed by atoms with Gasteiger partial charge in [0.05, 0.1) is 29.4 Å². The first-order valence-electron chi connectivity index (χ1n) is 6.21. The Morgan fingerprint density at radius 2 is 2.00 bits per heavy atom. The Kier molecular flexibility index (Phi) is 6.73. The summed E-state index contributed by atoms with van der Waals surface area (Å²) in [6.07, 6.45) is 0.256. The lowest BCUT2D eigenvalue weighted by Crippen LogP contribution is -2.12. The lowest BCUT2D eigenvalue weighted by atomic mass is 10.2. The van der Waals surface area contributed by atoms with Crippen molar-refractivity contribution in [2.24, 2.45) is 0 Å². The van der Waals surface area contributed by atoms with Gasteiger partial charge in [0.1, 0.15) is 5.82 Å². The summed E-state index contributed by atoms with van der Waals surface area (Å²) in [5.74, 6) is -2.68. The Hall–Kier alpha value is -1.51. The zero-order valence-electron chi connectivity index (χ0n) is 11.5. The van der Waals surface area contributed by atoms with Crippen molar-refractivity contribution in [3.8, 4) is 0 Å². The second kappa shape index (κ2) is 8.06. The summed E-state index contributed by atoms with van der Waals surface area (Å²) in [6.45, 7) is 1.04. The average molecular weight is 320 g/mol. The van der Waals surface area contributed by atoms with Gasteiger partial charge in [-0.1, -0.05) is 0 Å². The molecule has 0 amide bonds. The molecule has 8 heteroatoms. The Morgan fingerprint density at radius 3 is 2.62 bits per heavy atom. The number of carboxylic acid groups (broad SMARTS) is 1. The van der Waals surface area contributed by atoms with Crippen molar-refractivity contribution in [1.82, 2.24) is 0 Å². The van der Waals surface area contributed by atoms with E-state index < -0.39 is 27.2 Å². The molecule has 0 saturated carbocycles. The molecule has 0 aliphatic carbocycles. The van der Waals surface area contributed by atoms with Crippen LogP contribution in [0, 0.1) is 5.82 Å². The van der Waals surface area contributed by atoms with Crippen LogP contribution >= 0.6 is 0 Å². The molecule has 0 radical (unpaired) electrons. The smallest absolute Gasteiger partial charge is 0.338 e. The molecule has 21 heavy (non-hydrogen) atoms. The molecule has 0 aliphatic rings. The fourth-order valence-electron chi connectivity index (χ4n) is 1.57. The van der Waals surface area contributed by atoms with Crippen LogP contribution in [-0.2, 0) is 19.3 Å². The van der Waals surface area contributed by atoms with Gasteiger partial charge in [-0.15, -0.1) is 0 Å². The van der Waals surface area contributed by atoms with E-state index in [-0.39, 0.29) is 23.7 Å². The van der Waals surface area contributed by atoms with Crippen LogP contribution < -0.4 is 0 Å². The first kappa shape index (κ1) is 17.5. The molecule has 0 atom stereocenters. The number of carboxylic acids is 1. The van der Waals surface area contributed by atoms with E-state index in [0.29, 0.717) is 13.2 Å². The van der Waals surface area contributed by atoms with E-state index in [1.54, 1.807) is 0 Å². The lowest BCUT2D eigenvalue weighted by Gasteiger charge is -2.07. The average Bonchev–Trinajstić information content (AvgIpc) is 2.42. The first-order chi connectivity index (χ1) is 9.88. The molecule has 0 heterocycles. The largest absolute Gasteiger partial charge is 0.478 e. The molecule has 118 valence electrons. The van der Waals surface area contributed by atoms with Gasteiger partial charge >= 0.3 is 5.97 Å². The third-order valence-electron chi connectivity index (χ3n) is 2.66. The molecule has 0 bridgehead atoms. The zero-order chi connectivity index (χ0) is 15.9. The van der Waals surface area contributed by atoms with Crippen molar-refractivity contribution in [2.75, 3.05) is 32.7 Å². The maximum Gasteiger partial charge on any atom is 0.338 e. The Labute approximate surface area is 122 Å². The third kappa shape index (κ3) is 5.41. The van der Waals surface area contributed by atoms with E-state index in [4.69, 9.17) is 14.6 Å². The Balaban J connectivity index is 2.66. The number of carbonyl (C=O) groups is 1. The lowest BCUT2D eigenvalue weighted by molar-refractivity contribution is 0.0691. The number of halogens is 1. The number of ether oxygens (including phenoxy) is 2. The highest BCUT2D eigenvalue weighted by molar-refractivity contribution is 7.91. The van der Waals surface area contributed by atoms with Gasteiger partial charge in [0.2, 0.25) is 0 Å². The van der Waals surface area contributed by atoms with Gasteiger partial charge in [0.15, 0.2) is 9.84 Å². The minimum atomic E-state index is -3.67. The number of benzene rings is 1. The highest BCUT2D eigenvalue weighted by Gasteiger charge is 2.18. The van der Waals surface area contributed by atoms with E-state index in [1.807, 2.05) is 0 Å². The predicted molar refractivity (Wildman–Crippen MR) is 72.7 cm³/mol. The normalized spacial score (nSPS) is 11.5. The van der Waals surface area contributed by atoms with Crippen molar-refractivity contribution in [3.63, 3.8) is 0 Å². The van der Waals surface area contributed by atoms with Gasteiger partial charge < -0.3 is 14.6 Å². The number of sulfone groups is 1. The molecular weight excluding hydrogens is 303 g/mol. The number of hydrogen-bond acceptors (Lipinski definition) is 5. The topological polar surface area (TPSA) is 89.9 Å². The standard InChI is InChI=1S/C13H17FO6S/c1-19-6-7-20-5-2-8-21(17,18)10-3-4-12(14)11(9-10)13(15)16/h3-4,9H,2,5-8H2,1H3,(H,15,16). The minimum Gasteiger partial charge on any atom is -0.478 e. The molecule has 1 rings (SSSR count).